The van der Waals surface area contributed by atoms with Gasteiger partial charge in [-0.15, -0.1) is 0 Å². The molecule has 3 rings (SSSR count). The monoisotopic (exact) mass is 262 g/mol. The van der Waals surface area contributed by atoms with E-state index in [2.05, 4.69) is 22.3 Å². The molecule has 0 saturated carbocycles. The average molecular weight is 262 g/mol. The molecule has 0 fully saturated rings. The Morgan fingerprint density at radius 2 is 1.55 bits per heavy atom. The van der Waals surface area contributed by atoms with Gasteiger partial charge in [-0.25, -0.2) is 5.10 Å². The van der Waals surface area contributed by atoms with E-state index in [0.717, 1.165) is 16.8 Å². The first-order chi connectivity index (χ1) is 9.83. The van der Waals surface area contributed by atoms with Gasteiger partial charge in [0, 0.05) is 18.1 Å². The number of H-pyrrole nitrogens is 1. The average Bonchev–Trinajstić information content (AvgIpc) is 2.51. The minimum absolute atomic E-state index is 0.180. The van der Waals surface area contributed by atoms with Crippen LogP contribution < -0.4 is 5.56 Å². The fraction of sp³-hybridized carbons (Fsp3) is 0.0588. The highest BCUT2D eigenvalue weighted by atomic mass is 16.1. The molecule has 3 nitrogen and oxygen atoms in total. The molecule has 0 bridgehead atoms. The molecule has 0 unspecified atom stereocenters. The van der Waals surface area contributed by atoms with Crippen molar-refractivity contribution in [3.05, 3.63) is 88.3 Å². The molecule has 0 aliphatic carbocycles. The van der Waals surface area contributed by atoms with Crippen molar-refractivity contribution < 1.29 is 0 Å². The number of aromatic nitrogens is 2. The molecule has 0 amide bonds. The van der Waals surface area contributed by atoms with Crippen molar-refractivity contribution in [2.45, 2.75) is 6.42 Å². The van der Waals surface area contributed by atoms with Crippen molar-refractivity contribution in [2.75, 3.05) is 0 Å². The number of rotatable bonds is 3. The highest BCUT2D eigenvalue weighted by molar-refractivity contribution is 5.65. The summed E-state index contributed by atoms with van der Waals surface area (Å²) in [5.74, 6) is 0. The molecule has 0 spiro atoms. The summed E-state index contributed by atoms with van der Waals surface area (Å²) >= 11 is 0. The lowest BCUT2D eigenvalue weighted by Crippen LogP contribution is -2.10. The smallest absolute Gasteiger partial charge is 0.264 e. The van der Waals surface area contributed by atoms with E-state index in [1.807, 2.05) is 48.5 Å². The fourth-order valence-electron chi connectivity index (χ4n) is 2.22. The van der Waals surface area contributed by atoms with Crippen molar-refractivity contribution in [1.29, 1.82) is 0 Å². The Balaban J connectivity index is 2.05. The van der Waals surface area contributed by atoms with E-state index >= 15 is 0 Å². The SMILES string of the molecule is O=c1cc(-c2ccccc2)c(Cc2ccccc2)n[nH]1. The third-order valence-corrected chi connectivity index (χ3v) is 3.19. The third-order valence-electron chi connectivity index (χ3n) is 3.19. The van der Waals surface area contributed by atoms with Gasteiger partial charge in [0.05, 0.1) is 5.69 Å². The van der Waals surface area contributed by atoms with Gasteiger partial charge < -0.3 is 0 Å². The summed E-state index contributed by atoms with van der Waals surface area (Å²) in [5.41, 5.74) is 3.77. The zero-order valence-electron chi connectivity index (χ0n) is 10.9. The summed E-state index contributed by atoms with van der Waals surface area (Å²) < 4.78 is 0. The third kappa shape index (κ3) is 2.67. The molecule has 20 heavy (non-hydrogen) atoms. The first-order valence-corrected chi connectivity index (χ1v) is 6.51. The van der Waals surface area contributed by atoms with Crippen LogP contribution in [0.25, 0.3) is 11.1 Å². The van der Waals surface area contributed by atoms with Crippen LogP contribution in [0.1, 0.15) is 11.3 Å². The Kier molecular flexibility index (Phi) is 3.42. The van der Waals surface area contributed by atoms with Gasteiger partial charge >= 0.3 is 0 Å². The normalized spacial score (nSPS) is 10.4. The molecule has 0 aliphatic rings. The summed E-state index contributed by atoms with van der Waals surface area (Å²) in [5, 5.41) is 6.74. The van der Waals surface area contributed by atoms with Crippen LogP contribution in [0.3, 0.4) is 0 Å². The standard InChI is InChI=1S/C17H14N2O/c20-17-12-15(14-9-5-2-6-10-14)16(18-19-17)11-13-7-3-1-4-8-13/h1-10,12H,11H2,(H,19,20). The first kappa shape index (κ1) is 12.4. The zero-order valence-corrected chi connectivity index (χ0v) is 10.9. The molecule has 0 saturated heterocycles. The van der Waals surface area contributed by atoms with E-state index in [1.54, 1.807) is 6.07 Å². The number of aromatic amines is 1. The minimum atomic E-state index is -0.180. The second kappa shape index (κ2) is 5.53. The molecule has 1 aromatic heterocycles. The Hall–Kier alpha value is -2.68. The number of hydrogen-bond donors (Lipinski definition) is 1. The molecule has 1 heterocycles. The maximum atomic E-state index is 11.6. The van der Waals surface area contributed by atoms with Crippen LogP contribution in [0.15, 0.2) is 71.5 Å². The number of hydrogen-bond acceptors (Lipinski definition) is 2. The molecule has 3 heteroatoms. The van der Waals surface area contributed by atoms with E-state index < -0.39 is 0 Å². The molecule has 0 aliphatic heterocycles. The summed E-state index contributed by atoms with van der Waals surface area (Å²) in [4.78, 5) is 11.6. The zero-order chi connectivity index (χ0) is 13.8. The Bertz CT molecular complexity index is 749. The fourth-order valence-corrected chi connectivity index (χ4v) is 2.22. The Morgan fingerprint density at radius 1 is 0.900 bits per heavy atom. The predicted molar refractivity (Wildman–Crippen MR) is 79.5 cm³/mol. The second-order valence-electron chi connectivity index (χ2n) is 4.62. The van der Waals surface area contributed by atoms with Gasteiger partial charge in [0.1, 0.15) is 0 Å². The van der Waals surface area contributed by atoms with E-state index in [-0.39, 0.29) is 5.56 Å². The molecular formula is C17H14N2O. The molecule has 2 aromatic carbocycles. The van der Waals surface area contributed by atoms with Crippen LogP contribution in [0.2, 0.25) is 0 Å². The van der Waals surface area contributed by atoms with Crippen molar-refractivity contribution in [3.63, 3.8) is 0 Å². The van der Waals surface area contributed by atoms with Crippen LogP contribution >= 0.6 is 0 Å². The van der Waals surface area contributed by atoms with Crippen LogP contribution in [0.5, 0.6) is 0 Å². The van der Waals surface area contributed by atoms with Gasteiger partial charge in [-0.1, -0.05) is 60.7 Å². The van der Waals surface area contributed by atoms with Gasteiger partial charge in [-0.3, -0.25) is 4.79 Å². The lowest BCUT2D eigenvalue weighted by molar-refractivity contribution is 0.914. The van der Waals surface area contributed by atoms with E-state index in [0.29, 0.717) is 6.42 Å². The minimum Gasteiger partial charge on any atom is -0.268 e. The maximum absolute atomic E-state index is 11.6. The molecular weight excluding hydrogens is 248 g/mol. The van der Waals surface area contributed by atoms with Gasteiger partial charge in [-0.2, -0.15) is 5.10 Å². The van der Waals surface area contributed by atoms with Crippen LogP contribution in [0.4, 0.5) is 0 Å². The molecule has 0 radical (unpaired) electrons. The molecule has 3 aromatic rings. The van der Waals surface area contributed by atoms with Crippen LogP contribution in [-0.2, 0) is 6.42 Å². The first-order valence-electron chi connectivity index (χ1n) is 6.51. The van der Waals surface area contributed by atoms with E-state index in [9.17, 15) is 4.79 Å². The Labute approximate surface area is 116 Å². The van der Waals surface area contributed by atoms with E-state index in [4.69, 9.17) is 0 Å². The van der Waals surface area contributed by atoms with Crippen LogP contribution in [-0.4, -0.2) is 10.2 Å². The van der Waals surface area contributed by atoms with Crippen molar-refractivity contribution in [2.24, 2.45) is 0 Å². The summed E-state index contributed by atoms with van der Waals surface area (Å²) in [6.07, 6.45) is 0.696. The quantitative estimate of drug-likeness (QED) is 0.788. The van der Waals surface area contributed by atoms with Gasteiger partial charge in [0.15, 0.2) is 0 Å². The second-order valence-corrected chi connectivity index (χ2v) is 4.62. The maximum Gasteiger partial charge on any atom is 0.264 e. The van der Waals surface area contributed by atoms with E-state index in [1.165, 1.54) is 5.56 Å². The highest BCUT2D eigenvalue weighted by Crippen LogP contribution is 2.22. The van der Waals surface area contributed by atoms with Crippen molar-refractivity contribution in [3.8, 4) is 11.1 Å². The number of nitrogens with one attached hydrogen (secondary N) is 1. The van der Waals surface area contributed by atoms with Crippen LogP contribution in [0, 0.1) is 0 Å². The lowest BCUT2D eigenvalue weighted by Gasteiger charge is -2.08. The largest absolute Gasteiger partial charge is 0.268 e. The van der Waals surface area contributed by atoms with Gasteiger partial charge in [0.2, 0.25) is 0 Å². The van der Waals surface area contributed by atoms with Crippen molar-refractivity contribution >= 4 is 0 Å². The lowest BCUT2D eigenvalue weighted by atomic mass is 10.0. The number of benzene rings is 2. The number of nitrogens with zero attached hydrogens (tertiary/aromatic N) is 1. The molecule has 1 N–H and O–H groups in total. The molecule has 98 valence electrons. The van der Waals surface area contributed by atoms with Gasteiger partial charge in [-0.05, 0) is 11.1 Å². The summed E-state index contributed by atoms with van der Waals surface area (Å²) in [6.45, 7) is 0. The van der Waals surface area contributed by atoms with Gasteiger partial charge in [0.25, 0.3) is 5.56 Å². The topological polar surface area (TPSA) is 45.8 Å². The summed E-state index contributed by atoms with van der Waals surface area (Å²) in [6, 6.07) is 21.6. The van der Waals surface area contributed by atoms with Crippen molar-refractivity contribution in [1.82, 2.24) is 10.2 Å². The highest BCUT2D eigenvalue weighted by Gasteiger charge is 2.08. The predicted octanol–water partition coefficient (Wildman–Crippen LogP) is 3.03. The Morgan fingerprint density at radius 3 is 2.25 bits per heavy atom. The molecule has 0 atom stereocenters. The summed E-state index contributed by atoms with van der Waals surface area (Å²) in [7, 11) is 0.